The molecule has 1 aliphatic rings. The number of carbonyl (C=O) groups is 2. The van der Waals surface area contributed by atoms with Gasteiger partial charge < -0.3 is 20.3 Å². The van der Waals surface area contributed by atoms with Crippen molar-refractivity contribution in [3.8, 4) is 0 Å². The highest BCUT2D eigenvalue weighted by atomic mass is 79.9. The van der Waals surface area contributed by atoms with Crippen LogP contribution < -0.4 is 5.73 Å². The molecule has 1 aromatic carbocycles. The molecule has 128 valence electrons. The van der Waals surface area contributed by atoms with Crippen molar-refractivity contribution >= 4 is 40.2 Å². The number of methoxy groups -OCH3 is 1. The van der Waals surface area contributed by atoms with Crippen molar-refractivity contribution in [2.45, 2.75) is 6.04 Å². The van der Waals surface area contributed by atoms with Gasteiger partial charge in [-0.2, -0.15) is 0 Å². The van der Waals surface area contributed by atoms with E-state index in [1.54, 1.807) is 21.9 Å². The van der Waals surface area contributed by atoms with Crippen LogP contribution in [0, 0.1) is 0 Å². The Balaban J connectivity index is 0.00000264. The lowest BCUT2D eigenvalue weighted by Crippen LogP contribution is -2.55. The molecule has 2 amide bonds. The number of amides is 2. The molecule has 0 radical (unpaired) electrons. The number of nitrogens with zero attached hydrogens (tertiary/aromatic N) is 2. The molecule has 1 atom stereocenters. The molecule has 2 N–H and O–H groups in total. The molecule has 2 rings (SSSR count). The fraction of sp³-hybridized carbons (Fsp3) is 0.467. The lowest BCUT2D eigenvalue weighted by atomic mass is 10.1. The highest BCUT2D eigenvalue weighted by Gasteiger charge is 2.27. The molecule has 1 aliphatic heterocycles. The smallest absolute Gasteiger partial charge is 0.253 e. The average molecular weight is 407 g/mol. The van der Waals surface area contributed by atoms with Gasteiger partial charge >= 0.3 is 0 Å². The minimum atomic E-state index is -0.640. The van der Waals surface area contributed by atoms with Gasteiger partial charge in [-0.05, 0) is 24.3 Å². The molecule has 1 fully saturated rings. The third-order valence-electron chi connectivity index (χ3n) is 3.63. The third-order valence-corrected chi connectivity index (χ3v) is 4.16. The van der Waals surface area contributed by atoms with Crippen LogP contribution in [0.15, 0.2) is 28.7 Å². The molecular formula is C15H21BrClN3O3. The number of benzene rings is 1. The van der Waals surface area contributed by atoms with Gasteiger partial charge in [-0.15, -0.1) is 12.4 Å². The average Bonchev–Trinajstić information content (AvgIpc) is 2.54. The van der Waals surface area contributed by atoms with Crippen LogP contribution in [0.25, 0.3) is 0 Å². The fourth-order valence-corrected chi connectivity index (χ4v) is 2.65. The zero-order valence-corrected chi connectivity index (χ0v) is 15.3. The van der Waals surface area contributed by atoms with Gasteiger partial charge in [-0.25, -0.2) is 0 Å². The standard InChI is InChI=1S/C15H20BrN3O3.ClH/c1-22-10-13(17)15(21)19-8-6-18(7-9-19)14(20)11-2-4-12(16)5-3-11;/h2-5,13H,6-10,17H2,1H3;1H. The Morgan fingerprint density at radius 3 is 2.22 bits per heavy atom. The van der Waals surface area contributed by atoms with E-state index in [0.717, 1.165) is 4.47 Å². The summed E-state index contributed by atoms with van der Waals surface area (Å²) in [5.41, 5.74) is 6.41. The lowest BCUT2D eigenvalue weighted by Gasteiger charge is -2.35. The number of ether oxygens (including phenoxy) is 1. The van der Waals surface area contributed by atoms with E-state index in [0.29, 0.717) is 31.7 Å². The highest BCUT2D eigenvalue weighted by molar-refractivity contribution is 9.10. The molecular weight excluding hydrogens is 386 g/mol. The van der Waals surface area contributed by atoms with E-state index in [1.165, 1.54) is 7.11 Å². The minimum Gasteiger partial charge on any atom is -0.383 e. The van der Waals surface area contributed by atoms with Crippen molar-refractivity contribution in [1.29, 1.82) is 0 Å². The number of rotatable bonds is 4. The second-order valence-electron chi connectivity index (χ2n) is 5.19. The van der Waals surface area contributed by atoms with Gasteiger partial charge in [-0.1, -0.05) is 15.9 Å². The monoisotopic (exact) mass is 405 g/mol. The van der Waals surface area contributed by atoms with Crippen LogP contribution in [0.5, 0.6) is 0 Å². The number of hydrogen-bond donors (Lipinski definition) is 1. The summed E-state index contributed by atoms with van der Waals surface area (Å²) in [6.07, 6.45) is 0. The Kier molecular flexibility index (Phi) is 7.98. The summed E-state index contributed by atoms with van der Waals surface area (Å²) in [7, 11) is 1.52. The molecule has 6 nitrogen and oxygen atoms in total. The topological polar surface area (TPSA) is 75.9 Å². The number of hydrogen-bond acceptors (Lipinski definition) is 4. The van der Waals surface area contributed by atoms with Crippen molar-refractivity contribution in [3.05, 3.63) is 34.3 Å². The van der Waals surface area contributed by atoms with E-state index in [1.807, 2.05) is 12.1 Å². The fourth-order valence-electron chi connectivity index (χ4n) is 2.39. The maximum Gasteiger partial charge on any atom is 0.253 e. The largest absolute Gasteiger partial charge is 0.383 e. The van der Waals surface area contributed by atoms with Gasteiger partial charge in [0.1, 0.15) is 6.04 Å². The quantitative estimate of drug-likeness (QED) is 0.813. The van der Waals surface area contributed by atoms with Crippen LogP contribution >= 0.6 is 28.3 Å². The molecule has 0 spiro atoms. The molecule has 1 aromatic rings. The van der Waals surface area contributed by atoms with E-state index in [2.05, 4.69) is 15.9 Å². The summed E-state index contributed by atoms with van der Waals surface area (Å²) in [5, 5.41) is 0. The molecule has 0 bridgehead atoms. The van der Waals surface area contributed by atoms with Gasteiger partial charge in [0.2, 0.25) is 5.91 Å². The summed E-state index contributed by atoms with van der Waals surface area (Å²) in [6.45, 7) is 2.23. The van der Waals surface area contributed by atoms with Crippen molar-refractivity contribution in [3.63, 3.8) is 0 Å². The molecule has 1 saturated heterocycles. The third kappa shape index (κ3) is 5.17. The van der Waals surface area contributed by atoms with Crippen molar-refractivity contribution in [2.75, 3.05) is 39.9 Å². The van der Waals surface area contributed by atoms with Crippen molar-refractivity contribution < 1.29 is 14.3 Å². The van der Waals surface area contributed by atoms with Gasteiger partial charge in [-0.3, -0.25) is 9.59 Å². The number of nitrogens with two attached hydrogens (primary N) is 1. The second-order valence-corrected chi connectivity index (χ2v) is 6.10. The van der Waals surface area contributed by atoms with E-state index in [4.69, 9.17) is 10.5 Å². The summed E-state index contributed by atoms with van der Waals surface area (Å²) in [5.74, 6) is -0.140. The Bertz CT molecular complexity index is 533. The van der Waals surface area contributed by atoms with Gasteiger partial charge in [0.15, 0.2) is 0 Å². The summed E-state index contributed by atoms with van der Waals surface area (Å²) in [6, 6.07) is 6.63. The van der Waals surface area contributed by atoms with Gasteiger partial charge in [0.05, 0.1) is 6.61 Å². The number of halogens is 2. The Hall–Kier alpha value is -1.15. The predicted molar refractivity (Wildman–Crippen MR) is 93.7 cm³/mol. The second kappa shape index (κ2) is 9.22. The van der Waals surface area contributed by atoms with Crippen LogP contribution in [0.2, 0.25) is 0 Å². The maximum atomic E-state index is 12.4. The number of carbonyl (C=O) groups excluding carboxylic acids is 2. The molecule has 0 saturated carbocycles. The highest BCUT2D eigenvalue weighted by Crippen LogP contribution is 2.14. The SMILES string of the molecule is COCC(N)C(=O)N1CCN(C(=O)c2ccc(Br)cc2)CC1.Cl. The Morgan fingerprint density at radius 1 is 1.17 bits per heavy atom. The first kappa shape index (κ1) is 19.9. The molecule has 1 heterocycles. The maximum absolute atomic E-state index is 12.4. The predicted octanol–water partition coefficient (Wildman–Crippen LogP) is 1.13. The molecule has 23 heavy (non-hydrogen) atoms. The van der Waals surface area contributed by atoms with Crippen molar-refractivity contribution in [2.24, 2.45) is 5.73 Å². The first-order valence-electron chi connectivity index (χ1n) is 7.11. The molecule has 0 aliphatic carbocycles. The zero-order chi connectivity index (χ0) is 16.1. The number of piperazine rings is 1. The van der Waals surface area contributed by atoms with Crippen LogP contribution in [-0.4, -0.2) is 67.6 Å². The first-order chi connectivity index (χ1) is 10.5. The van der Waals surface area contributed by atoms with E-state index >= 15 is 0 Å². The molecule has 0 aromatic heterocycles. The Morgan fingerprint density at radius 2 is 1.70 bits per heavy atom. The zero-order valence-electron chi connectivity index (χ0n) is 12.9. The van der Waals surface area contributed by atoms with Crippen molar-refractivity contribution in [1.82, 2.24) is 9.80 Å². The van der Waals surface area contributed by atoms with Crippen LogP contribution in [0.4, 0.5) is 0 Å². The van der Waals surface area contributed by atoms with Crippen LogP contribution in [0.3, 0.4) is 0 Å². The van der Waals surface area contributed by atoms with Crippen LogP contribution in [0.1, 0.15) is 10.4 Å². The summed E-state index contributed by atoms with van der Waals surface area (Å²) < 4.78 is 5.84. The molecule has 1 unspecified atom stereocenters. The normalized spacial score (nSPS) is 15.8. The minimum absolute atomic E-state index is 0. The van der Waals surface area contributed by atoms with E-state index < -0.39 is 6.04 Å². The van der Waals surface area contributed by atoms with E-state index in [9.17, 15) is 9.59 Å². The molecule has 8 heteroatoms. The summed E-state index contributed by atoms with van der Waals surface area (Å²) in [4.78, 5) is 27.9. The summed E-state index contributed by atoms with van der Waals surface area (Å²) >= 11 is 3.35. The van der Waals surface area contributed by atoms with Crippen LogP contribution in [-0.2, 0) is 9.53 Å². The first-order valence-corrected chi connectivity index (χ1v) is 7.90. The van der Waals surface area contributed by atoms with Gasteiger partial charge in [0.25, 0.3) is 5.91 Å². The van der Waals surface area contributed by atoms with E-state index in [-0.39, 0.29) is 30.8 Å². The lowest BCUT2D eigenvalue weighted by molar-refractivity contribution is -0.135. The Labute approximate surface area is 150 Å². The van der Waals surface area contributed by atoms with Gasteiger partial charge in [0, 0.05) is 43.3 Å².